The minimum atomic E-state index is -3.43. The van der Waals surface area contributed by atoms with Gasteiger partial charge in [0.15, 0.2) is 0 Å². The maximum absolute atomic E-state index is 13.0. The van der Waals surface area contributed by atoms with Gasteiger partial charge in [-0.25, -0.2) is 12.8 Å². The van der Waals surface area contributed by atoms with Crippen molar-refractivity contribution < 1.29 is 12.8 Å². The smallest absolute Gasteiger partial charge is 0.243 e. The fourth-order valence-electron chi connectivity index (χ4n) is 3.02. The van der Waals surface area contributed by atoms with E-state index >= 15 is 0 Å². The van der Waals surface area contributed by atoms with Crippen LogP contribution in [0.4, 0.5) is 4.39 Å². The van der Waals surface area contributed by atoms with Gasteiger partial charge in [0, 0.05) is 32.7 Å². The molecule has 3 rings (SSSR count). The van der Waals surface area contributed by atoms with E-state index in [-0.39, 0.29) is 5.82 Å². The van der Waals surface area contributed by atoms with Gasteiger partial charge in [-0.05, 0) is 41.8 Å². The molecule has 1 fully saturated rings. The largest absolute Gasteiger partial charge is 0.296 e. The van der Waals surface area contributed by atoms with Gasteiger partial charge in [0.05, 0.1) is 4.90 Å². The van der Waals surface area contributed by atoms with Gasteiger partial charge in [-0.3, -0.25) is 4.90 Å². The Morgan fingerprint density at radius 2 is 1.44 bits per heavy atom. The lowest BCUT2D eigenvalue weighted by molar-refractivity contribution is 0.181. The van der Waals surface area contributed by atoms with Gasteiger partial charge in [0.25, 0.3) is 0 Å². The Bertz CT molecular complexity index is 796. The molecule has 0 bridgehead atoms. The summed E-state index contributed by atoms with van der Waals surface area (Å²) >= 11 is 0. The summed E-state index contributed by atoms with van der Waals surface area (Å²) in [5.41, 5.74) is 2.16. The van der Waals surface area contributed by atoms with Crippen molar-refractivity contribution >= 4 is 10.0 Å². The maximum Gasteiger partial charge on any atom is 0.243 e. The predicted octanol–water partition coefficient (Wildman–Crippen LogP) is 2.89. The zero-order chi connectivity index (χ0) is 17.9. The third-order valence-electron chi connectivity index (χ3n) is 4.62. The van der Waals surface area contributed by atoms with Crippen LogP contribution in [0.5, 0.6) is 0 Å². The third kappa shape index (κ3) is 4.26. The average Bonchev–Trinajstić information content (AvgIpc) is 2.64. The lowest BCUT2D eigenvalue weighted by Crippen LogP contribution is -2.48. The number of benzene rings is 2. The SMILES string of the molecule is CCc1ccc(S(=O)(=O)N2CCN(Cc3ccc(F)cc3)CC2)cc1. The first-order valence-electron chi connectivity index (χ1n) is 8.55. The van der Waals surface area contributed by atoms with Gasteiger partial charge in [0.2, 0.25) is 10.0 Å². The molecule has 6 heteroatoms. The lowest BCUT2D eigenvalue weighted by atomic mass is 10.2. The number of halogens is 1. The molecule has 0 N–H and O–H groups in total. The summed E-state index contributed by atoms with van der Waals surface area (Å²) in [5, 5.41) is 0. The standard InChI is InChI=1S/C19H23FN2O2S/c1-2-16-5-9-19(10-6-16)25(23,24)22-13-11-21(12-14-22)15-17-3-7-18(20)8-4-17/h3-10H,2,11-15H2,1H3. The average molecular weight is 362 g/mol. The topological polar surface area (TPSA) is 40.6 Å². The van der Waals surface area contributed by atoms with Crippen LogP contribution in [0.25, 0.3) is 0 Å². The molecule has 2 aromatic carbocycles. The minimum Gasteiger partial charge on any atom is -0.296 e. The molecule has 1 saturated heterocycles. The van der Waals surface area contributed by atoms with Crippen LogP contribution in [0.1, 0.15) is 18.1 Å². The molecule has 1 aliphatic heterocycles. The summed E-state index contributed by atoms with van der Waals surface area (Å²) < 4.78 is 40.0. The molecule has 0 amide bonds. The highest BCUT2D eigenvalue weighted by Crippen LogP contribution is 2.19. The van der Waals surface area contributed by atoms with Gasteiger partial charge in [-0.15, -0.1) is 0 Å². The van der Waals surface area contributed by atoms with Gasteiger partial charge >= 0.3 is 0 Å². The van der Waals surface area contributed by atoms with Crippen molar-refractivity contribution in [3.8, 4) is 0 Å². The molecule has 0 spiro atoms. The first-order valence-corrected chi connectivity index (χ1v) is 9.99. The van der Waals surface area contributed by atoms with Crippen LogP contribution in [0, 0.1) is 5.82 Å². The van der Waals surface area contributed by atoms with Crippen molar-refractivity contribution in [2.75, 3.05) is 26.2 Å². The van der Waals surface area contributed by atoms with Crippen LogP contribution in [-0.2, 0) is 23.0 Å². The highest BCUT2D eigenvalue weighted by molar-refractivity contribution is 7.89. The molecule has 25 heavy (non-hydrogen) atoms. The second kappa shape index (κ2) is 7.64. The number of nitrogens with zero attached hydrogens (tertiary/aromatic N) is 2. The third-order valence-corrected chi connectivity index (χ3v) is 6.53. The zero-order valence-electron chi connectivity index (χ0n) is 14.4. The second-order valence-electron chi connectivity index (χ2n) is 6.30. The number of aryl methyl sites for hydroxylation is 1. The highest BCUT2D eigenvalue weighted by Gasteiger charge is 2.28. The van der Waals surface area contributed by atoms with Gasteiger partial charge in [-0.2, -0.15) is 4.31 Å². The zero-order valence-corrected chi connectivity index (χ0v) is 15.2. The molecular formula is C19H23FN2O2S. The van der Waals surface area contributed by atoms with Crippen LogP contribution >= 0.6 is 0 Å². The van der Waals surface area contributed by atoms with Gasteiger partial charge < -0.3 is 0 Å². The molecule has 134 valence electrons. The van der Waals surface area contributed by atoms with Gasteiger partial charge in [-0.1, -0.05) is 31.2 Å². The molecule has 1 aliphatic rings. The summed E-state index contributed by atoms with van der Waals surface area (Å²) in [6, 6.07) is 13.6. The van der Waals surface area contributed by atoms with Crippen molar-refractivity contribution in [3.05, 3.63) is 65.5 Å². The summed E-state index contributed by atoms with van der Waals surface area (Å²) in [6.45, 7) is 5.04. The number of rotatable bonds is 5. The number of hydrogen-bond donors (Lipinski definition) is 0. The quantitative estimate of drug-likeness (QED) is 0.821. The Kier molecular flexibility index (Phi) is 5.51. The maximum atomic E-state index is 13.0. The van der Waals surface area contributed by atoms with Gasteiger partial charge in [0.1, 0.15) is 5.82 Å². The monoisotopic (exact) mass is 362 g/mol. The summed E-state index contributed by atoms with van der Waals surface area (Å²) in [5.74, 6) is -0.242. The van der Waals surface area contributed by atoms with Crippen LogP contribution in [0.2, 0.25) is 0 Å². The van der Waals surface area contributed by atoms with Crippen molar-refractivity contribution in [1.29, 1.82) is 0 Å². The number of hydrogen-bond acceptors (Lipinski definition) is 3. The Morgan fingerprint density at radius 3 is 2.00 bits per heavy atom. The fourth-order valence-corrected chi connectivity index (χ4v) is 4.44. The molecule has 0 atom stereocenters. The Balaban J connectivity index is 1.61. The predicted molar refractivity (Wildman–Crippen MR) is 96.3 cm³/mol. The van der Waals surface area contributed by atoms with Crippen molar-refractivity contribution in [2.24, 2.45) is 0 Å². The molecular weight excluding hydrogens is 339 g/mol. The van der Waals surface area contributed by atoms with E-state index in [1.54, 1.807) is 28.6 Å². The molecule has 0 saturated carbocycles. The minimum absolute atomic E-state index is 0.242. The van der Waals surface area contributed by atoms with E-state index in [1.165, 1.54) is 12.1 Å². The molecule has 2 aromatic rings. The second-order valence-corrected chi connectivity index (χ2v) is 8.24. The van der Waals surface area contributed by atoms with E-state index in [0.29, 0.717) is 37.6 Å². The van der Waals surface area contributed by atoms with E-state index in [1.807, 2.05) is 19.1 Å². The van der Waals surface area contributed by atoms with E-state index in [4.69, 9.17) is 0 Å². The van der Waals surface area contributed by atoms with Crippen LogP contribution in [0.3, 0.4) is 0 Å². The fraction of sp³-hybridized carbons (Fsp3) is 0.368. The molecule has 0 aromatic heterocycles. The summed E-state index contributed by atoms with van der Waals surface area (Å²) in [4.78, 5) is 2.55. The van der Waals surface area contributed by atoms with E-state index in [9.17, 15) is 12.8 Å². The molecule has 4 nitrogen and oxygen atoms in total. The lowest BCUT2D eigenvalue weighted by Gasteiger charge is -2.34. The molecule has 0 aliphatic carbocycles. The van der Waals surface area contributed by atoms with Crippen LogP contribution in [-0.4, -0.2) is 43.8 Å². The highest BCUT2D eigenvalue weighted by atomic mass is 32.2. The van der Waals surface area contributed by atoms with Crippen molar-refractivity contribution in [3.63, 3.8) is 0 Å². The Labute approximate surface area is 148 Å². The number of piperazine rings is 1. The van der Waals surface area contributed by atoms with E-state index in [2.05, 4.69) is 4.90 Å². The number of sulfonamides is 1. The molecule has 1 heterocycles. The summed E-state index contributed by atoms with van der Waals surface area (Å²) in [6.07, 6.45) is 0.891. The first-order chi connectivity index (χ1) is 12.0. The Hall–Kier alpha value is -1.76. The molecule has 0 radical (unpaired) electrons. The normalized spacial score (nSPS) is 16.9. The Morgan fingerprint density at radius 1 is 0.880 bits per heavy atom. The van der Waals surface area contributed by atoms with Crippen molar-refractivity contribution in [1.82, 2.24) is 9.21 Å². The van der Waals surface area contributed by atoms with E-state index in [0.717, 1.165) is 17.5 Å². The summed E-state index contributed by atoms with van der Waals surface area (Å²) in [7, 11) is -3.43. The van der Waals surface area contributed by atoms with Crippen LogP contribution < -0.4 is 0 Å². The van der Waals surface area contributed by atoms with Crippen LogP contribution in [0.15, 0.2) is 53.4 Å². The van der Waals surface area contributed by atoms with Crippen molar-refractivity contribution in [2.45, 2.75) is 24.8 Å². The molecule has 0 unspecified atom stereocenters. The first kappa shape index (κ1) is 18.0. The van der Waals surface area contributed by atoms with E-state index < -0.39 is 10.0 Å².